The molecule has 1 aliphatic heterocycles. The predicted octanol–water partition coefficient (Wildman–Crippen LogP) is 5.87. The summed E-state index contributed by atoms with van der Waals surface area (Å²) in [5.74, 6) is -2.52. The number of primary amides is 1. The molecule has 270 valence electrons. The Morgan fingerprint density at radius 3 is 2.30 bits per heavy atom. The maximum absolute atomic E-state index is 14.8. The molecule has 2 aliphatic rings. The van der Waals surface area contributed by atoms with Crippen LogP contribution in [0.5, 0.6) is 0 Å². The molecule has 12 heteroatoms. The molecule has 1 aliphatic carbocycles. The average Bonchev–Trinajstić information content (AvgIpc) is 3.68. The van der Waals surface area contributed by atoms with Crippen molar-refractivity contribution in [1.29, 1.82) is 0 Å². The number of halogens is 1. The first-order chi connectivity index (χ1) is 23.9. The lowest BCUT2D eigenvalue weighted by molar-refractivity contribution is -0.146. The van der Waals surface area contributed by atoms with Crippen LogP contribution < -0.4 is 11.1 Å². The van der Waals surface area contributed by atoms with Gasteiger partial charge in [0.05, 0.1) is 18.2 Å². The molecule has 0 radical (unpaired) electrons. The van der Waals surface area contributed by atoms with E-state index in [4.69, 9.17) is 19.9 Å². The molecule has 1 saturated carbocycles. The summed E-state index contributed by atoms with van der Waals surface area (Å²) in [6, 6.07) is 17.0. The number of methoxy groups -OCH3 is 1. The fourth-order valence-electron chi connectivity index (χ4n) is 7.53. The molecule has 0 bridgehead atoms. The molecule has 1 aromatic heterocycles. The van der Waals surface area contributed by atoms with E-state index in [-0.39, 0.29) is 24.1 Å². The van der Waals surface area contributed by atoms with Gasteiger partial charge in [0.1, 0.15) is 30.2 Å². The number of aromatic nitrogens is 1. The number of esters is 1. The first kappa shape index (κ1) is 36.8. The van der Waals surface area contributed by atoms with Crippen LogP contribution in [0.3, 0.4) is 0 Å². The predicted molar refractivity (Wildman–Crippen MR) is 186 cm³/mol. The Hall–Kier alpha value is -4.45. The van der Waals surface area contributed by atoms with Gasteiger partial charge in [-0.1, -0.05) is 48.5 Å². The summed E-state index contributed by atoms with van der Waals surface area (Å²) >= 11 is 0. The second kappa shape index (κ2) is 16.1. The van der Waals surface area contributed by atoms with E-state index in [0.29, 0.717) is 45.1 Å². The van der Waals surface area contributed by atoms with Crippen LogP contribution in [-0.4, -0.2) is 78.0 Å². The lowest BCUT2D eigenvalue weighted by Crippen LogP contribution is -2.51. The molecule has 5 rings (SSSR count). The molecule has 2 fully saturated rings. The van der Waals surface area contributed by atoms with Gasteiger partial charge in [0.15, 0.2) is 0 Å². The number of hydrogen-bond donors (Lipinski definition) is 2. The van der Waals surface area contributed by atoms with Crippen LogP contribution in [0.25, 0.3) is 10.9 Å². The molecule has 2 heterocycles. The standard InChI is InChI=1S/C38H49FN4O7/c1-38(2,3)50-37(47)41-29(23-39)25-15-17-26(18-16-25)35(45)43-32(22-28(33(43)34(40)44)24-11-6-5-7-12-24)42-30-14-9-8-13-27(30)21-31(42)36(46)49-20-10-19-48-4/h5-9,11-14,21,25-26,28-29,32-33H,10,15-20,22-23H2,1-4H3,(H2,40,44)(H,41,47)/t25?,26?,28-,29?,32?,33-/m0/s1. The number of carbonyl (C=O) groups excluding carboxylic acids is 4. The second-order valence-electron chi connectivity index (χ2n) is 14.3. The fourth-order valence-corrected chi connectivity index (χ4v) is 7.53. The molecule has 3 N–H and O–H groups in total. The monoisotopic (exact) mass is 692 g/mol. The molecule has 0 spiro atoms. The third kappa shape index (κ3) is 8.29. The van der Waals surface area contributed by atoms with Crippen molar-refractivity contribution in [2.24, 2.45) is 17.6 Å². The van der Waals surface area contributed by atoms with Crippen LogP contribution in [0.1, 0.15) is 87.4 Å². The number of fused-ring (bicyclic) bond motifs is 1. The summed E-state index contributed by atoms with van der Waals surface area (Å²) in [5, 5.41) is 3.46. The van der Waals surface area contributed by atoms with Crippen molar-refractivity contribution in [3.63, 3.8) is 0 Å². The van der Waals surface area contributed by atoms with Gasteiger partial charge in [0.2, 0.25) is 11.8 Å². The number of para-hydroxylation sites is 1. The zero-order chi connectivity index (χ0) is 36.0. The Balaban J connectivity index is 1.47. The Bertz CT molecular complexity index is 1650. The lowest BCUT2D eigenvalue weighted by Gasteiger charge is -2.38. The van der Waals surface area contributed by atoms with E-state index in [1.54, 1.807) is 38.8 Å². The maximum atomic E-state index is 14.8. The van der Waals surface area contributed by atoms with Gasteiger partial charge in [-0.2, -0.15) is 0 Å². The minimum absolute atomic E-state index is 0.157. The van der Waals surface area contributed by atoms with Crippen molar-refractivity contribution in [2.45, 2.75) is 89.1 Å². The van der Waals surface area contributed by atoms with Crippen molar-refractivity contribution in [2.75, 3.05) is 27.0 Å². The lowest BCUT2D eigenvalue weighted by atomic mass is 9.78. The summed E-state index contributed by atoms with van der Waals surface area (Å²) < 4.78 is 32.1. The highest BCUT2D eigenvalue weighted by molar-refractivity contribution is 5.96. The van der Waals surface area contributed by atoms with E-state index < -0.39 is 60.3 Å². The van der Waals surface area contributed by atoms with Gasteiger partial charge < -0.3 is 34.7 Å². The van der Waals surface area contributed by atoms with Gasteiger partial charge in [-0.25, -0.2) is 14.0 Å². The van der Waals surface area contributed by atoms with Crippen LogP contribution in [-0.2, 0) is 23.8 Å². The summed E-state index contributed by atoms with van der Waals surface area (Å²) in [5.41, 5.74) is 7.26. The quantitative estimate of drug-likeness (QED) is 0.179. The second-order valence-corrected chi connectivity index (χ2v) is 14.3. The Morgan fingerprint density at radius 2 is 1.66 bits per heavy atom. The topological polar surface area (TPSA) is 142 Å². The highest BCUT2D eigenvalue weighted by Crippen LogP contribution is 2.47. The smallest absolute Gasteiger partial charge is 0.407 e. The number of ether oxygens (including phenoxy) is 3. The number of nitrogens with one attached hydrogen (secondary N) is 1. The number of rotatable bonds is 12. The molecule has 50 heavy (non-hydrogen) atoms. The maximum Gasteiger partial charge on any atom is 0.407 e. The number of amides is 3. The molecule has 4 atom stereocenters. The zero-order valence-electron chi connectivity index (χ0n) is 29.3. The molecular formula is C38H49FN4O7. The van der Waals surface area contributed by atoms with Crippen LogP contribution in [0, 0.1) is 11.8 Å². The summed E-state index contributed by atoms with van der Waals surface area (Å²) in [6.07, 6.45) is 1.31. The number of benzene rings is 2. The summed E-state index contributed by atoms with van der Waals surface area (Å²) in [7, 11) is 1.58. The molecule has 2 aromatic carbocycles. The SMILES string of the molecule is COCCCOC(=O)c1cc2ccccc2n1C1C[C@@H](c2ccccc2)[C@@H](C(N)=O)N1C(=O)C1CCC(C(CF)NC(=O)OC(C)(C)C)CC1. The van der Waals surface area contributed by atoms with E-state index in [0.717, 1.165) is 16.5 Å². The summed E-state index contributed by atoms with van der Waals surface area (Å²) in [6.45, 7) is 5.06. The van der Waals surface area contributed by atoms with Gasteiger partial charge in [-0.15, -0.1) is 0 Å². The Labute approximate surface area is 292 Å². The molecule has 3 aromatic rings. The van der Waals surface area contributed by atoms with Crippen LogP contribution in [0.4, 0.5) is 9.18 Å². The van der Waals surface area contributed by atoms with Crippen LogP contribution >= 0.6 is 0 Å². The van der Waals surface area contributed by atoms with Gasteiger partial charge in [0.25, 0.3) is 0 Å². The van der Waals surface area contributed by atoms with E-state index >= 15 is 0 Å². The Kier molecular flexibility index (Phi) is 11.8. The van der Waals surface area contributed by atoms with Crippen molar-refractivity contribution in [3.05, 3.63) is 71.9 Å². The van der Waals surface area contributed by atoms with Crippen molar-refractivity contribution in [3.8, 4) is 0 Å². The van der Waals surface area contributed by atoms with E-state index in [1.807, 2.05) is 59.2 Å². The number of nitrogens with zero attached hydrogens (tertiary/aromatic N) is 2. The number of alkyl halides is 1. The summed E-state index contributed by atoms with van der Waals surface area (Å²) in [4.78, 5) is 55.8. The van der Waals surface area contributed by atoms with Gasteiger partial charge in [-0.3, -0.25) is 9.59 Å². The van der Waals surface area contributed by atoms with E-state index in [2.05, 4.69) is 5.32 Å². The van der Waals surface area contributed by atoms with E-state index in [9.17, 15) is 23.6 Å². The normalized spacial score (nSPS) is 23.0. The van der Waals surface area contributed by atoms with Crippen LogP contribution in [0.15, 0.2) is 60.7 Å². The van der Waals surface area contributed by atoms with Crippen LogP contribution in [0.2, 0.25) is 0 Å². The number of hydrogen-bond acceptors (Lipinski definition) is 7. The van der Waals surface area contributed by atoms with Crippen molar-refractivity contribution in [1.82, 2.24) is 14.8 Å². The zero-order valence-corrected chi connectivity index (χ0v) is 29.3. The number of carbonyl (C=O) groups is 4. The average molecular weight is 693 g/mol. The molecule has 2 unspecified atom stereocenters. The Morgan fingerprint density at radius 1 is 0.980 bits per heavy atom. The third-order valence-corrected chi connectivity index (χ3v) is 9.78. The van der Waals surface area contributed by atoms with Gasteiger partial charge in [0, 0.05) is 37.4 Å². The molecule has 11 nitrogen and oxygen atoms in total. The molecule has 3 amide bonds. The molecule has 1 saturated heterocycles. The minimum Gasteiger partial charge on any atom is -0.461 e. The minimum atomic E-state index is -0.980. The highest BCUT2D eigenvalue weighted by atomic mass is 19.1. The van der Waals surface area contributed by atoms with Gasteiger partial charge in [-0.05, 0) is 76.5 Å². The van der Waals surface area contributed by atoms with Gasteiger partial charge >= 0.3 is 12.1 Å². The number of likely N-dealkylation sites (tertiary alicyclic amines) is 1. The van der Waals surface area contributed by atoms with Crippen molar-refractivity contribution < 1.29 is 37.8 Å². The fraction of sp³-hybridized carbons (Fsp3) is 0.526. The first-order valence-electron chi connectivity index (χ1n) is 17.4. The highest BCUT2D eigenvalue weighted by Gasteiger charge is 2.51. The molecular weight excluding hydrogens is 643 g/mol. The first-order valence-corrected chi connectivity index (χ1v) is 17.4. The number of nitrogens with two attached hydrogens (primary N) is 1. The van der Waals surface area contributed by atoms with E-state index in [1.165, 1.54) is 0 Å². The number of alkyl carbamates (subject to hydrolysis) is 1. The third-order valence-electron chi connectivity index (χ3n) is 9.78. The largest absolute Gasteiger partial charge is 0.461 e. The van der Waals surface area contributed by atoms with Crippen molar-refractivity contribution >= 4 is 34.8 Å².